The van der Waals surface area contributed by atoms with Gasteiger partial charge in [-0.1, -0.05) is 24.2 Å². The predicted molar refractivity (Wildman–Crippen MR) is 76.5 cm³/mol. The van der Waals surface area contributed by atoms with Crippen LogP contribution in [-0.2, 0) is 6.61 Å². The van der Waals surface area contributed by atoms with Gasteiger partial charge >= 0.3 is 0 Å². The van der Waals surface area contributed by atoms with Gasteiger partial charge in [-0.3, -0.25) is 0 Å². The van der Waals surface area contributed by atoms with Crippen LogP contribution in [0.2, 0.25) is 0 Å². The summed E-state index contributed by atoms with van der Waals surface area (Å²) in [5, 5.41) is 7.22. The van der Waals surface area contributed by atoms with E-state index in [1.165, 1.54) is 12.0 Å². The number of hydrogen-bond donors (Lipinski definition) is 1. The minimum Gasteiger partial charge on any atom is -0.485 e. The number of benzene rings is 1. The Morgan fingerprint density at radius 3 is 2.95 bits per heavy atom. The van der Waals surface area contributed by atoms with Crippen LogP contribution >= 0.6 is 0 Å². The van der Waals surface area contributed by atoms with Gasteiger partial charge in [0.1, 0.15) is 5.75 Å². The van der Waals surface area contributed by atoms with Gasteiger partial charge in [0.15, 0.2) is 6.61 Å². The summed E-state index contributed by atoms with van der Waals surface area (Å²) in [4.78, 5) is 3.96. The van der Waals surface area contributed by atoms with Crippen LogP contribution in [0.4, 0.5) is 0 Å². The SMILES string of the molecule is CCCNC(C)c1ccc(C)cc1OCc1ncon1. The van der Waals surface area contributed by atoms with E-state index >= 15 is 0 Å². The maximum atomic E-state index is 5.84. The zero-order valence-corrected chi connectivity index (χ0v) is 12.2. The Morgan fingerprint density at radius 1 is 1.40 bits per heavy atom. The van der Waals surface area contributed by atoms with E-state index in [0.717, 1.165) is 24.3 Å². The largest absolute Gasteiger partial charge is 0.485 e. The van der Waals surface area contributed by atoms with Gasteiger partial charge in [0, 0.05) is 11.6 Å². The Morgan fingerprint density at radius 2 is 2.25 bits per heavy atom. The molecule has 2 aromatic rings. The van der Waals surface area contributed by atoms with Gasteiger partial charge in [-0.2, -0.15) is 4.98 Å². The lowest BCUT2D eigenvalue weighted by atomic mass is 10.0. The fourth-order valence-electron chi connectivity index (χ4n) is 1.99. The Hall–Kier alpha value is -1.88. The summed E-state index contributed by atoms with van der Waals surface area (Å²) in [5.74, 6) is 1.41. The number of ether oxygens (including phenoxy) is 1. The van der Waals surface area contributed by atoms with Crippen LogP contribution in [0.25, 0.3) is 0 Å². The molecule has 1 aromatic heterocycles. The average molecular weight is 275 g/mol. The molecule has 1 atom stereocenters. The normalized spacial score (nSPS) is 12.3. The van der Waals surface area contributed by atoms with E-state index in [1.54, 1.807) is 0 Å². The lowest BCUT2D eigenvalue weighted by Crippen LogP contribution is -2.20. The molecule has 0 fully saturated rings. The van der Waals surface area contributed by atoms with Gasteiger partial charge < -0.3 is 14.6 Å². The molecule has 1 unspecified atom stereocenters. The second kappa shape index (κ2) is 7.05. The Kier molecular flexibility index (Phi) is 5.12. The molecule has 0 aliphatic carbocycles. The number of rotatable bonds is 7. The molecule has 0 bridgehead atoms. The predicted octanol–water partition coefficient (Wildman–Crippen LogP) is 3.02. The molecule has 1 N–H and O–H groups in total. The van der Waals surface area contributed by atoms with E-state index < -0.39 is 0 Å². The van der Waals surface area contributed by atoms with Crippen LogP contribution in [0, 0.1) is 6.92 Å². The summed E-state index contributed by atoms with van der Waals surface area (Å²) in [6.07, 6.45) is 2.41. The van der Waals surface area contributed by atoms with E-state index in [2.05, 4.69) is 48.4 Å². The van der Waals surface area contributed by atoms with E-state index in [0.29, 0.717) is 12.4 Å². The first-order chi connectivity index (χ1) is 9.70. The highest BCUT2D eigenvalue weighted by molar-refractivity contribution is 5.39. The lowest BCUT2D eigenvalue weighted by Gasteiger charge is -2.18. The molecule has 0 spiro atoms. The van der Waals surface area contributed by atoms with Crippen molar-refractivity contribution in [3.8, 4) is 5.75 Å². The highest BCUT2D eigenvalue weighted by atomic mass is 16.5. The fraction of sp³-hybridized carbons (Fsp3) is 0.467. The number of aryl methyl sites for hydroxylation is 1. The number of nitrogens with one attached hydrogen (secondary N) is 1. The van der Waals surface area contributed by atoms with Gasteiger partial charge in [-0.15, -0.1) is 0 Å². The quantitative estimate of drug-likeness (QED) is 0.841. The Balaban J connectivity index is 2.10. The van der Waals surface area contributed by atoms with Gasteiger partial charge in [-0.25, -0.2) is 0 Å². The van der Waals surface area contributed by atoms with Crippen LogP contribution in [0.3, 0.4) is 0 Å². The van der Waals surface area contributed by atoms with Crippen molar-refractivity contribution in [3.05, 3.63) is 41.5 Å². The molecule has 0 radical (unpaired) electrons. The summed E-state index contributed by atoms with van der Waals surface area (Å²) < 4.78 is 10.5. The molecule has 0 aliphatic heterocycles. The molecule has 0 amide bonds. The first-order valence-electron chi connectivity index (χ1n) is 6.92. The summed E-state index contributed by atoms with van der Waals surface area (Å²) in [5.41, 5.74) is 2.31. The first-order valence-corrected chi connectivity index (χ1v) is 6.92. The molecule has 20 heavy (non-hydrogen) atoms. The molecule has 5 nitrogen and oxygen atoms in total. The standard InChI is InChI=1S/C15H21N3O2/c1-4-7-16-12(3)13-6-5-11(2)8-14(13)19-9-15-17-10-20-18-15/h5-6,8,10,12,16H,4,7,9H2,1-3H3. The van der Waals surface area contributed by atoms with E-state index in [4.69, 9.17) is 9.26 Å². The first kappa shape index (κ1) is 14.5. The zero-order chi connectivity index (χ0) is 14.4. The van der Waals surface area contributed by atoms with Crippen LogP contribution < -0.4 is 10.1 Å². The maximum absolute atomic E-state index is 5.84. The molecule has 0 saturated heterocycles. The van der Waals surface area contributed by atoms with Crippen molar-refractivity contribution >= 4 is 0 Å². The molecule has 2 rings (SSSR count). The van der Waals surface area contributed by atoms with Crippen LogP contribution in [0.5, 0.6) is 5.75 Å². The van der Waals surface area contributed by atoms with Crippen molar-refractivity contribution in [2.24, 2.45) is 0 Å². The molecule has 1 heterocycles. The van der Waals surface area contributed by atoms with Crippen molar-refractivity contribution in [2.45, 2.75) is 39.8 Å². The van der Waals surface area contributed by atoms with Crippen LogP contribution in [0.1, 0.15) is 43.3 Å². The molecular weight excluding hydrogens is 254 g/mol. The molecular formula is C15H21N3O2. The summed E-state index contributed by atoms with van der Waals surface area (Å²) in [7, 11) is 0. The third kappa shape index (κ3) is 3.81. The maximum Gasteiger partial charge on any atom is 0.213 e. The Labute approximate surface area is 119 Å². The zero-order valence-electron chi connectivity index (χ0n) is 12.2. The van der Waals surface area contributed by atoms with Crippen molar-refractivity contribution in [1.82, 2.24) is 15.5 Å². The summed E-state index contributed by atoms with van der Waals surface area (Å²) in [6, 6.07) is 6.49. The van der Waals surface area contributed by atoms with E-state index in [-0.39, 0.29) is 6.04 Å². The third-order valence-electron chi connectivity index (χ3n) is 3.10. The number of hydrogen-bond acceptors (Lipinski definition) is 5. The second-order valence-electron chi connectivity index (χ2n) is 4.85. The van der Waals surface area contributed by atoms with Crippen molar-refractivity contribution in [3.63, 3.8) is 0 Å². The van der Waals surface area contributed by atoms with Gasteiger partial charge in [0.05, 0.1) is 0 Å². The minimum atomic E-state index is 0.246. The molecule has 0 saturated carbocycles. The highest BCUT2D eigenvalue weighted by Crippen LogP contribution is 2.27. The van der Waals surface area contributed by atoms with E-state index in [1.807, 2.05) is 6.07 Å². The second-order valence-corrected chi connectivity index (χ2v) is 4.85. The van der Waals surface area contributed by atoms with Crippen molar-refractivity contribution in [2.75, 3.05) is 6.54 Å². The molecule has 108 valence electrons. The summed E-state index contributed by atoms with van der Waals surface area (Å²) in [6.45, 7) is 7.64. The minimum absolute atomic E-state index is 0.246. The molecule has 0 aliphatic rings. The topological polar surface area (TPSA) is 60.2 Å². The van der Waals surface area contributed by atoms with Crippen LogP contribution in [-0.4, -0.2) is 16.7 Å². The van der Waals surface area contributed by atoms with Crippen molar-refractivity contribution < 1.29 is 9.26 Å². The average Bonchev–Trinajstić information content (AvgIpc) is 2.96. The third-order valence-corrected chi connectivity index (χ3v) is 3.10. The van der Waals surface area contributed by atoms with Gasteiger partial charge in [-0.05, 0) is 38.4 Å². The van der Waals surface area contributed by atoms with Crippen LogP contribution in [0.15, 0.2) is 29.1 Å². The highest BCUT2D eigenvalue weighted by Gasteiger charge is 2.12. The monoisotopic (exact) mass is 275 g/mol. The summed E-state index contributed by atoms with van der Waals surface area (Å²) >= 11 is 0. The fourth-order valence-corrected chi connectivity index (χ4v) is 1.99. The number of nitrogens with zero attached hydrogens (tertiary/aromatic N) is 2. The lowest BCUT2D eigenvalue weighted by molar-refractivity contribution is 0.281. The molecule has 5 heteroatoms. The van der Waals surface area contributed by atoms with E-state index in [9.17, 15) is 0 Å². The van der Waals surface area contributed by atoms with Gasteiger partial charge in [0.25, 0.3) is 0 Å². The van der Waals surface area contributed by atoms with Crippen molar-refractivity contribution in [1.29, 1.82) is 0 Å². The molecule has 1 aromatic carbocycles. The van der Waals surface area contributed by atoms with Gasteiger partial charge in [0.2, 0.25) is 12.2 Å². The smallest absolute Gasteiger partial charge is 0.213 e. The Bertz CT molecular complexity index is 526. The number of aromatic nitrogens is 2.